The Morgan fingerprint density at radius 3 is 2.43 bits per heavy atom. The second-order valence-corrected chi connectivity index (χ2v) is 14.5. The molecular weight excluding hydrogens is 590 g/mol. The molecule has 2 aliphatic heterocycles. The lowest BCUT2D eigenvalue weighted by Crippen LogP contribution is -2.54. The summed E-state index contributed by atoms with van der Waals surface area (Å²) in [5, 5.41) is 3.29. The van der Waals surface area contributed by atoms with Crippen LogP contribution in [0.3, 0.4) is 0 Å². The first-order valence-corrected chi connectivity index (χ1v) is 18.1. The molecular formula is C37H55N7O3. The Bertz CT molecular complexity index is 1400. The summed E-state index contributed by atoms with van der Waals surface area (Å²) in [7, 11) is 3.39. The van der Waals surface area contributed by atoms with Gasteiger partial charge >= 0.3 is 0 Å². The van der Waals surface area contributed by atoms with Gasteiger partial charge in [-0.3, -0.25) is 14.5 Å². The zero-order valence-electron chi connectivity index (χ0n) is 29.2. The molecule has 0 spiro atoms. The number of Topliss-reactive ketones (excluding diaryl/α,β-unsaturated/α-hetero) is 1. The molecule has 3 fully saturated rings. The molecule has 1 amide bonds. The van der Waals surface area contributed by atoms with Gasteiger partial charge in [-0.05, 0) is 95.2 Å². The summed E-state index contributed by atoms with van der Waals surface area (Å²) >= 11 is 0. The number of benzene rings is 1. The molecule has 1 saturated heterocycles. The molecule has 2 aromatic rings. The van der Waals surface area contributed by atoms with Gasteiger partial charge in [-0.25, -0.2) is 4.98 Å². The fourth-order valence-electron chi connectivity index (χ4n) is 8.00. The molecule has 3 heterocycles. The Hall–Kier alpha value is -3.24. The van der Waals surface area contributed by atoms with E-state index in [0.717, 1.165) is 36.5 Å². The fourth-order valence-corrected chi connectivity index (χ4v) is 8.00. The Morgan fingerprint density at radius 1 is 1.04 bits per heavy atom. The molecule has 47 heavy (non-hydrogen) atoms. The largest absolute Gasteiger partial charge is 0.495 e. The number of ether oxygens (including phenoxy) is 1. The van der Waals surface area contributed by atoms with Crippen LogP contribution in [-0.4, -0.2) is 96.5 Å². The van der Waals surface area contributed by atoms with E-state index in [0.29, 0.717) is 41.5 Å². The third-order valence-electron chi connectivity index (χ3n) is 11.0. The predicted octanol–water partition coefficient (Wildman–Crippen LogP) is 6.14. The summed E-state index contributed by atoms with van der Waals surface area (Å²) < 4.78 is 5.69. The Labute approximate surface area is 281 Å². The summed E-state index contributed by atoms with van der Waals surface area (Å²) in [4.78, 5) is 44.7. The normalized spacial score (nSPS) is 24.0. The number of fused-ring (bicyclic) bond motifs is 1. The molecule has 6 rings (SSSR count). The van der Waals surface area contributed by atoms with Crippen molar-refractivity contribution in [1.29, 1.82) is 0 Å². The lowest BCUT2D eigenvalue weighted by atomic mass is 9.82. The first-order valence-electron chi connectivity index (χ1n) is 18.1. The van der Waals surface area contributed by atoms with E-state index < -0.39 is 0 Å². The van der Waals surface area contributed by atoms with E-state index in [1.54, 1.807) is 25.3 Å². The van der Waals surface area contributed by atoms with Crippen LogP contribution in [0.15, 0.2) is 24.4 Å². The van der Waals surface area contributed by atoms with E-state index in [4.69, 9.17) is 9.72 Å². The topological polar surface area (TPSA) is 94.1 Å². The number of hydrogen-bond donors (Lipinski definition) is 1. The van der Waals surface area contributed by atoms with Crippen molar-refractivity contribution in [1.82, 2.24) is 19.8 Å². The monoisotopic (exact) mass is 645 g/mol. The van der Waals surface area contributed by atoms with Gasteiger partial charge in [0.25, 0.3) is 0 Å². The quantitative estimate of drug-likeness (QED) is 0.258. The van der Waals surface area contributed by atoms with Crippen molar-refractivity contribution < 1.29 is 14.3 Å². The van der Waals surface area contributed by atoms with Gasteiger partial charge in [0.2, 0.25) is 11.9 Å². The van der Waals surface area contributed by atoms with Crippen molar-refractivity contribution in [3.8, 4) is 5.75 Å². The molecule has 1 atom stereocenters. The lowest BCUT2D eigenvalue weighted by Gasteiger charge is -2.42. The molecule has 1 aromatic carbocycles. The van der Waals surface area contributed by atoms with Gasteiger partial charge in [0.15, 0.2) is 11.6 Å². The molecule has 2 aliphatic carbocycles. The van der Waals surface area contributed by atoms with Gasteiger partial charge in [-0.2, -0.15) is 4.98 Å². The first-order chi connectivity index (χ1) is 22.7. The highest BCUT2D eigenvalue weighted by molar-refractivity contribution is 6.04. The van der Waals surface area contributed by atoms with Crippen LogP contribution in [0.4, 0.5) is 23.1 Å². The molecule has 0 radical (unpaired) electrons. The van der Waals surface area contributed by atoms with Crippen LogP contribution in [0.25, 0.3) is 0 Å². The smallest absolute Gasteiger partial charge is 0.249 e. The average Bonchev–Trinajstić information content (AvgIpc) is 3.91. The molecule has 0 bridgehead atoms. The van der Waals surface area contributed by atoms with Crippen molar-refractivity contribution in [2.24, 2.45) is 11.8 Å². The number of nitrogens with one attached hydrogen (secondary N) is 1. The van der Waals surface area contributed by atoms with E-state index in [-0.39, 0.29) is 23.8 Å². The minimum atomic E-state index is -0.271. The molecule has 1 aromatic heterocycles. The van der Waals surface area contributed by atoms with Gasteiger partial charge in [0.1, 0.15) is 17.5 Å². The fraction of sp³-hybridized carbons (Fsp3) is 0.676. The number of methoxy groups -OCH3 is 1. The number of nitrogens with zero attached hydrogens (tertiary/aromatic N) is 6. The average molecular weight is 646 g/mol. The van der Waals surface area contributed by atoms with Crippen LogP contribution >= 0.6 is 0 Å². The third-order valence-corrected chi connectivity index (χ3v) is 11.0. The van der Waals surface area contributed by atoms with Gasteiger partial charge in [0.05, 0.1) is 19.0 Å². The molecule has 2 saturated carbocycles. The second-order valence-electron chi connectivity index (χ2n) is 14.5. The van der Waals surface area contributed by atoms with Crippen molar-refractivity contribution in [2.45, 2.75) is 103 Å². The zero-order valence-corrected chi connectivity index (χ0v) is 29.2. The summed E-state index contributed by atoms with van der Waals surface area (Å²) in [5.74, 6) is 3.65. The van der Waals surface area contributed by atoms with Crippen LogP contribution in [0, 0.1) is 11.8 Å². The SMILES string of the molecule is CCC1C(=O)N(C)c2cnc(Nc3ccc(C(=O)CCCC4CCC(N5CCN(CC6CC6)CC5)CC4)cc3OC)nc2N1C(C)C. The number of hydrogen-bond acceptors (Lipinski definition) is 9. The molecule has 1 unspecified atom stereocenters. The van der Waals surface area contributed by atoms with E-state index in [2.05, 4.69) is 38.8 Å². The third kappa shape index (κ3) is 7.75. The lowest BCUT2D eigenvalue weighted by molar-refractivity contribution is -0.120. The molecule has 4 aliphatic rings. The van der Waals surface area contributed by atoms with E-state index in [1.165, 1.54) is 71.2 Å². The minimum absolute atomic E-state index is 0.0515. The van der Waals surface area contributed by atoms with Crippen LogP contribution in [0.1, 0.15) is 95.3 Å². The highest BCUT2D eigenvalue weighted by atomic mass is 16.5. The Balaban J connectivity index is 0.993. The molecule has 1 N–H and O–H groups in total. The van der Waals surface area contributed by atoms with Gasteiger partial charge < -0.3 is 24.8 Å². The highest BCUT2D eigenvalue weighted by Gasteiger charge is 2.38. The summed E-state index contributed by atoms with van der Waals surface area (Å²) in [6.45, 7) is 12.5. The van der Waals surface area contributed by atoms with E-state index in [1.807, 2.05) is 25.1 Å². The summed E-state index contributed by atoms with van der Waals surface area (Å²) in [6, 6.07) is 6.13. The minimum Gasteiger partial charge on any atom is -0.495 e. The maximum absolute atomic E-state index is 13.2. The number of piperazine rings is 1. The van der Waals surface area contributed by atoms with Crippen LogP contribution in [-0.2, 0) is 4.79 Å². The van der Waals surface area contributed by atoms with Crippen molar-refractivity contribution in [2.75, 3.05) is 62.0 Å². The van der Waals surface area contributed by atoms with Gasteiger partial charge in [-0.1, -0.05) is 13.3 Å². The zero-order chi connectivity index (χ0) is 33.1. The number of carbonyl (C=O) groups is 2. The Morgan fingerprint density at radius 2 is 1.77 bits per heavy atom. The number of carbonyl (C=O) groups excluding carboxylic acids is 2. The summed E-state index contributed by atoms with van der Waals surface area (Å²) in [5.41, 5.74) is 2.05. The van der Waals surface area contributed by atoms with Crippen LogP contribution in [0.5, 0.6) is 5.75 Å². The van der Waals surface area contributed by atoms with E-state index >= 15 is 0 Å². The van der Waals surface area contributed by atoms with Gasteiger partial charge in [-0.15, -0.1) is 0 Å². The first kappa shape index (κ1) is 33.7. The standard InChI is InChI=1S/C37H55N7O3/c1-6-31-36(46)41(4)32-23-38-37(40-35(32)44(31)25(2)3)39-30-17-14-28(22-34(30)47-5)33(45)9-7-8-26-12-15-29(16-13-26)43-20-18-42(19-21-43)24-27-10-11-27/h14,17,22-23,25-27,29,31H,6-13,15-16,18-21,24H2,1-5H3,(H,38,39,40). The highest BCUT2D eigenvalue weighted by Crippen LogP contribution is 2.38. The molecule has 256 valence electrons. The number of aromatic nitrogens is 2. The van der Waals surface area contributed by atoms with E-state index in [9.17, 15) is 9.59 Å². The van der Waals surface area contributed by atoms with Crippen LogP contribution in [0.2, 0.25) is 0 Å². The predicted molar refractivity (Wildman–Crippen MR) is 188 cm³/mol. The Kier molecular flexibility index (Phi) is 10.7. The van der Waals surface area contributed by atoms with Gasteiger partial charge in [0, 0.05) is 63.8 Å². The summed E-state index contributed by atoms with van der Waals surface area (Å²) in [6.07, 6.45) is 13.1. The molecule has 10 nitrogen and oxygen atoms in total. The molecule has 10 heteroatoms. The van der Waals surface area contributed by atoms with Crippen molar-refractivity contribution >= 4 is 34.8 Å². The number of likely N-dealkylation sites (N-methyl/N-ethyl adjacent to an activating group) is 1. The van der Waals surface area contributed by atoms with Crippen molar-refractivity contribution in [3.63, 3.8) is 0 Å². The maximum Gasteiger partial charge on any atom is 0.249 e. The second kappa shape index (κ2) is 14.9. The number of rotatable bonds is 13. The number of amides is 1. The van der Waals surface area contributed by atoms with Crippen molar-refractivity contribution in [3.05, 3.63) is 30.0 Å². The number of ketones is 1. The van der Waals surface area contributed by atoms with Crippen LogP contribution < -0.4 is 19.9 Å². The number of anilines is 4. The maximum atomic E-state index is 13.2.